The molecule has 1 aromatic carbocycles. The largest absolute Gasteiger partial charge is 0.326 e. The Morgan fingerprint density at radius 3 is 2.52 bits per heavy atom. The molecule has 118 valence electrons. The number of nitrogens with one attached hydrogen (secondary N) is 1. The van der Waals surface area contributed by atoms with E-state index in [4.69, 9.17) is 0 Å². The van der Waals surface area contributed by atoms with Gasteiger partial charge in [0.05, 0.1) is 6.26 Å². The van der Waals surface area contributed by atoms with E-state index in [1.165, 1.54) is 10.6 Å². The van der Waals surface area contributed by atoms with E-state index in [2.05, 4.69) is 5.32 Å². The summed E-state index contributed by atoms with van der Waals surface area (Å²) >= 11 is 0. The highest BCUT2D eigenvalue weighted by Crippen LogP contribution is 2.11. The van der Waals surface area contributed by atoms with Crippen LogP contribution in [-0.4, -0.2) is 38.0 Å². The molecular formula is C15H24N2O3S. The molecule has 0 atom stereocenters. The molecule has 0 heterocycles. The van der Waals surface area contributed by atoms with Gasteiger partial charge in [0, 0.05) is 25.2 Å². The number of hydrogen-bond acceptors (Lipinski definition) is 3. The summed E-state index contributed by atoms with van der Waals surface area (Å²) in [5.41, 5.74) is 1.79. The van der Waals surface area contributed by atoms with Crippen LogP contribution in [0.1, 0.15) is 25.8 Å². The maximum absolute atomic E-state index is 11.9. The van der Waals surface area contributed by atoms with Crippen LogP contribution in [0.4, 0.5) is 5.69 Å². The standard InChI is InChI=1S/C15H24N2O3S/c1-12(2)11-17(21(4,19)20)9-8-15(18)16-14-7-5-6-13(3)10-14/h5-7,10,12H,8-9,11H2,1-4H3,(H,16,18). The lowest BCUT2D eigenvalue weighted by Crippen LogP contribution is -2.35. The molecule has 0 unspecified atom stereocenters. The fourth-order valence-electron chi connectivity index (χ4n) is 1.97. The third kappa shape index (κ3) is 6.73. The molecule has 6 heteroatoms. The maximum atomic E-state index is 11.9. The van der Waals surface area contributed by atoms with Gasteiger partial charge in [0.2, 0.25) is 15.9 Å². The van der Waals surface area contributed by atoms with Crippen LogP contribution in [0.2, 0.25) is 0 Å². The van der Waals surface area contributed by atoms with Crippen molar-refractivity contribution < 1.29 is 13.2 Å². The molecule has 0 aliphatic rings. The number of hydrogen-bond donors (Lipinski definition) is 1. The topological polar surface area (TPSA) is 66.5 Å². The van der Waals surface area contributed by atoms with Gasteiger partial charge in [0.15, 0.2) is 0 Å². The van der Waals surface area contributed by atoms with Crippen molar-refractivity contribution in [1.29, 1.82) is 0 Å². The third-order valence-electron chi connectivity index (χ3n) is 2.93. The van der Waals surface area contributed by atoms with Crippen molar-refractivity contribution in [2.75, 3.05) is 24.7 Å². The number of amides is 1. The monoisotopic (exact) mass is 312 g/mol. The molecule has 1 aromatic rings. The molecule has 0 spiro atoms. The van der Waals surface area contributed by atoms with E-state index >= 15 is 0 Å². The zero-order valence-corrected chi connectivity index (χ0v) is 13.9. The second kappa shape index (κ2) is 7.56. The maximum Gasteiger partial charge on any atom is 0.225 e. The van der Waals surface area contributed by atoms with Gasteiger partial charge in [-0.15, -0.1) is 0 Å². The van der Waals surface area contributed by atoms with Gasteiger partial charge in [-0.3, -0.25) is 4.79 Å². The van der Waals surface area contributed by atoms with Gasteiger partial charge in [-0.05, 0) is 30.5 Å². The number of carbonyl (C=O) groups excluding carboxylic acids is 1. The molecule has 0 aromatic heterocycles. The molecule has 0 saturated carbocycles. The Bertz CT molecular complexity index is 582. The fraction of sp³-hybridized carbons (Fsp3) is 0.533. The van der Waals surface area contributed by atoms with Gasteiger partial charge in [-0.25, -0.2) is 12.7 Å². The van der Waals surface area contributed by atoms with E-state index < -0.39 is 10.0 Å². The van der Waals surface area contributed by atoms with Crippen LogP contribution >= 0.6 is 0 Å². The Labute approximate surface area is 127 Å². The average molecular weight is 312 g/mol. The minimum atomic E-state index is -3.28. The Hall–Kier alpha value is -1.40. The SMILES string of the molecule is Cc1cccc(NC(=O)CCN(CC(C)C)S(C)(=O)=O)c1. The molecule has 0 saturated heterocycles. The van der Waals surface area contributed by atoms with E-state index in [0.29, 0.717) is 6.54 Å². The minimum Gasteiger partial charge on any atom is -0.326 e. The lowest BCUT2D eigenvalue weighted by molar-refractivity contribution is -0.116. The normalized spacial score (nSPS) is 11.9. The number of rotatable bonds is 7. The van der Waals surface area contributed by atoms with Gasteiger partial charge >= 0.3 is 0 Å². The van der Waals surface area contributed by atoms with E-state index in [0.717, 1.165) is 11.3 Å². The van der Waals surface area contributed by atoms with Crippen LogP contribution in [-0.2, 0) is 14.8 Å². The number of nitrogens with zero attached hydrogens (tertiary/aromatic N) is 1. The summed E-state index contributed by atoms with van der Waals surface area (Å²) in [6.07, 6.45) is 1.32. The van der Waals surface area contributed by atoms with Crippen LogP contribution in [0.25, 0.3) is 0 Å². The minimum absolute atomic E-state index is 0.147. The number of carbonyl (C=O) groups is 1. The summed E-state index contributed by atoms with van der Waals surface area (Å²) in [4.78, 5) is 11.9. The smallest absolute Gasteiger partial charge is 0.225 e. The van der Waals surface area contributed by atoms with Gasteiger partial charge < -0.3 is 5.32 Å². The number of sulfonamides is 1. The number of anilines is 1. The molecule has 1 N–H and O–H groups in total. The molecule has 0 bridgehead atoms. The van der Waals surface area contributed by atoms with E-state index in [1.807, 2.05) is 45.0 Å². The summed E-state index contributed by atoms with van der Waals surface area (Å²) in [7, 11) is -3.28. The first-order valence-electron chi connectivity index (χ1n) is 7.00. The predicted octanol–water partition coefficient (Wildman–Crippen LogP) is 2.24. The molecular weight excluding hydrogens is 288 g/mol. The quantitative estimate of drug-likeness (QED) is 0.839. The molecule has 0 fully saturated rings. The van der Waals surface area contributed by atoms with Crippen LogP contribution in [0, 0.1) is 12.8 Å². The third-order valence-corrected chi connectivity index (χ3v) is 4.20. The first-order chi connectivity index (χ1) is 9.68. The van der Waals surface area contributed by atoms with Crippen molar-refractivity contribution in [2.45, 2.75) is 27.2 Å². The molecule has 0 aliphatic heterocycles. The van der Waals surface area contributed by atoms with Crippen LogP contribution in [0.15, 0.2) is 24.3 Å². The zero-order valence-electron chi connectivity index (χ0n) is 13.1. The lowest BCUT2D eigenvalue weighted by Gasteiger charge is -2.21. The highest BCUT2D eigenvalue weighted by atomic mass is 32.2. The molecule has 1 rings (SSSR count). The zero-order chi connectivity index (χ0) is 16.0. The van der Waals surface area contributed by atoms with Crippen molar-refractivity contribution in [3.05, 3.63) is 29.8 Å². The molecule has 0 radical (unpaired) electrons. The van der Waals surface area contributed by atoms with Gasteiger partial charge in [-0.1, -0.05) is 26.0 Å². The van der Waals surface area contributed by atoms with E-state index in [-0.39, 0.29) is 24.8 Å². The molecule has 21 heavy (non-hydrogen) atoms. The highest BCUT2D eigenvalue weighted by molar-refractivity contribution is 7.88. The Kier molecular flexibility index (Phi) is 6.36. The Morgan fingerprint density at radius 1 is 1.33 bits per heavy atom. The predicted molar refractivity (Wildman–Crippen MR) is 85.7 cm³/mol. The summed E-state index contributed by atoms with van der Waals surface area (Å²) in [6.45, 7) is 6.48. The number of benzene rings is 1. The summed E-state index contributed by atoms with van der Waals surface area (Å²) < 4.78 is 24.7. The van der Waals surface area contributed by atoms with Gasteiger partial charge in [0.25, 0.3) is 0 Å². The first kappa shape index (κ1) is 17.7. The second-order valence-corrected chi connectivity index (χ2v) is 7.66. The molecule has 5 nitrogen and oxygen atoms in total. The summed E-state index contributed by atoms with van der Waals surface area (Å²) in [6, 6.07) is 7.50. The van der Waals surface area contributed by atoms with Crippen molar-refractivity contribution in [3.8, 4) is 0 Å². The Balaban J connectivity index is 2.57. The van der Waals surface area contributed by atoms with Crippen molar-refractivity contribution >= 4 is 21.6 Å². The van der Waals surface area contributed by atoms with Crippen molar-refractivity contribution in [2.24, 2.45) is 5.92 Å². The van der Waals surface area contributed by atoms with Crippen LogP contribution < -0.4 is 5.32 Å². The van der Waals surface area contributed by atoms with Crippen molar-refractivity contribution in [3.63, 3.8) is 0 Å². The molecule has 1 amide bonds. The molecule has 0 aliphatic carbocycles. The first-order valence-corrected chi connectivity index (χ1v) is 8.85. The summed E-state index contributed by atoms with van der Waals surface area (Å²) in [5.74, 6) is 0.0394. The van der Waals surface area contributed by atoms with E-state index in [1.54, 1.807) is 0 Å². The van der Waals surface area contributed by atoms with Crippen molar-refractivity contribution in [1.82, 2.24) is 4.31 Å². The van der Waals surface area contributed by atoms with Crippen LogP contribution in [0.5, 0.6) is 0 Å². The average Bonchev–Trinajstić information content (AvgIpc) is 2.32. The second-order valence-electron chi connectivity index (χ2n) is 5.68. The number of aryl methyl sites for hydroxylation is 1. The fourth-order valence-corrected chi connectivity index (χ4v) is 2.96. The van der Waals surface area contributed by atoms with Gasteiger partial charge in [-0.2, -0.15) is 0 Å². The highest BCUT2D eigenvalue weighted by Gasteiger charge is 2.18. The Morgan fingerprint density at radius 2 is 2.00 bits per heavy atom. The van der Waals surface area contributed by atoms with Crippen LogP contribution in [0.3, 0.4) is 0 Å². The summed E-state index contributed by atoms with van der Waals surface area (Å²) in [5, 5.41) is 2.78. The van der Waals surface area contributed by atoms with E-state index in [9.17, 15) is 13.2 Å². The lowest BCUT2D eigenvalue weighted by atomic mass is 10.2. The van der Waals surface area contributed by atoms with Gasteiger partial charge in [0.1, 0.15) is 0 Å².